The van der Waals surface area contributed by atoms with Gasteiger partial charge >= 0.3 is 0 Å². The van der Waals surface area contributed by atoms with Crippen molar-refractivity contribution in [2.24, 2.45) is 0 Å². The van der Waals surface area contributed by atoms with E-state index in [4.69, 9.17) is 9.40 Å². The number of fused-ring (bicyclic) bond motifs is 10. The zero-order valence-corrected chi connectivity index (χ0v) is 21.5. The molecule has 0 saturated carbocycles. The Labute approximate surface area is 229 Å². The normalized spacial score (nSPS) is 12.0. The van der Waals surface area contributed by atoms with E-state index in [-0.39, 0.29) is 0 Å². The summed E-state index contributed by atoms with van der Waals surface area (Å²) in [7, 11) is 0. The minimum Gasteiger partial charge on any atom is -0.455 e. The minimum atomic E-state index is 0.856. The van der Waals surface area contributed by atoms with Crippen LogP contribution in [-0.4, -0.2) is 9.38 Å². The van der Waals surface area contributed by atoms with Crippen molar-refractivity contribution in [3.05, 3.63) is 133 Å². The number of rotatable bonds is 1. The molecule has 0 aliphatic carbocycles. The lowest BCUT2D eigenvalue weighted by molar-refractivity contribution is 0.669. The number of hydrogen-bond donors (Lipinski definition) is 0. The Bertz CT molecular complexity index is 2500. The van der Waals surface area contributed by atoms with Crippen LogP contribution < -0.4 is 0 Å². The smallest absolute Gasteiger partial charge is 0.149 e. The molecule has 3 aromatic heterocycles. The molecule has 0 N–H and O–H groups in total. The highest BCUT2D eigenvalue weighted by Gasteiger charge is 2.19. The quantitative estimate of drug-likeness (QED) is 0.220. The molecule has 186 valence electrons. The van der Waals surface area contributed by atoms with Crippen LogP contribution in [0.3, 0.4) is 0 Å². The highest BCUT2D eigenvalue weighted by molar-refractivity contribution is 6.21. The Morgan fingerprint density at radius 1 is 0.450 bits per heavy atom. The van der Waals surface area contributed by atoms with Crippen LogP contribution in [0.1, 0.15) is 0 Å². The van der Waals surface area contributed by atoms with Crippen LogP contribution >= 0.6 is 0 Å². The second-order valence-corrected chi connectivity index (χ2v) is 10.3. The highest BCUT2D eigenvalue weighted by Crippen LogP contribution is 2.40. The average molecular weight is 511 g/mol. The van der Waals surface area contributed by atoms with E-state index in [1.807, 2.05) is 12.1 Å². The lowest BCUT2D eigenvalue weighted by Gasteiger charge is -2.06. The Morgan fingerprint density at radius 3 is 1.77 bits per heavy atom. The van der Waals surface area contributed by atoms with Crippen molar-refractivity contribution in [3.63, 3.8) is 0 Å². The predicted octanol–water partition coefficient (Wildman–Crippen LogP) is 10.1. The van der Waals surface area contributed by atoms with Gasteiger partial charge in [-0.15, -0.1) is 0 Å². The van der Waals surface area contributed by atoms with Gasteiger partial charge in [0.25, 0.3) is 0 Å². The molecule has 3 heteroatoms. The summed E-state index contributed by atoms with van der Waals surface area (Å²) in [6, 6.07) is 47.2. The maximum atomic E-state index is 6.51. The van der Waals surface area contributed by atoms with Crippen LogP contribution in [0.4, 0.5) is 0 Å². The van der Waals surface area contributed by atoms with Crippen molar-refractivity contribution in [2.45, 2.75) is 0 Å². The van der Waals surface area contributed by atoms with E-state index in [0.717, 1.165) is 55.3 Å². The lowest BCUT2D eigenvalue weighted by Crippen LogP contribution is -1.91. The summed E-state index contributed by atoms with van der Waals surface area (Å²) >= 11 is 0. The van der Waals surface area contributed by atoms with E-state index in [9.17, 15) is 0 Å². The zero-order valence-electron chi connectivity index (χ0n) is 21.5. The molecule has 0 atom stereocenters. The average Bonchev–Trinajstić information content (AvgIpc) is 3.60. The fourth-order valence-electron chi connectivity index (χ4n) is 6.48. The molecule has 0 unspecified atom stereocenters. The molecular weight excluding hydrogens is 488 g/mol. The number of nitrogens with zero attached hydrogens (tertiary/aromatic N) is 2. The van der Waals surface area contributed by atoms with Crippen LogP contribution in [-0.2, 0) is 0 Å². The molecule has 0 radical (unpaired) electrons. The summed E-state index contributed by atoms with van der Waals surface area (Å²) in [6.45, 7) is 0. The van der Waals surface area contributed by atoms with Crippen molar-refractivity contribution in [1.29, 1.82) is 0 Å². The maximum absolute atomic E-state index is 6.51. The van der Waals surface area contributed by atoms with E-state index in [2.05, 4.69) is 126 Å². The monoisotopic (exact) mass is 510 g/mol. The second kappa shape index (κ2) is 8.05. The first-order chi connectivity index (χ1) is 19.9. The standard InChI is InChI=1S/C37H22N2O/c1-3-13-25-23(11-1)24-12-2-4-14-26(24)29-17-10-20-32-35(29)39(33-21-7-5-15-27(25)33)37(38-32)31-19-9-18-30-28-16-6-8-22-34(28)40-36(30)31/h1-22H. The molecule has 9 rings (SSSR count). The van der Waals surface area contributed by atoms with Gasteiger partial charge in [-0.05, 0) is 45.8 Å². The van der Waals surface area contributed by atoms with Gasteiger partial charge in [-0.1, -0.05) is 109 Å². The van der Waals surface area contributed by atoms with Gasteiger partial charge in [-0.3, -0.25) is 4.40 Å². The summed E-state index contributed by atoms with van der Waals surface area (Å²) in [5.74, 6) is 0.872. The predicted molar refractivity (Wildman–Crippen MR) is 167 cm³/mol. The number of aromatic nitrogens is 2. The number of furan rings is 1. The first kappa shape index (κ1) is 21.5. The van der Waals surface area contributed by atoms with Gasteiger partial charge in [0.1, 0.15) is 17.0 Å². The molecule has 0 spiro atoms. The minimum absolute atomic E-state index is 0.856. The van der Waals surface area contributed by atoms with E-state index in [1.165, 1.54) is 26.9 Å². The van der Waals surface area contributed by atoms with Crippen molar-refractivity contribution >= 4 is 70.8 Å². The summed E-state index contributed by atoms with van der Waals surface area (Å²) < 4.78 is 8.86. The van der Waals surface area contributed by atoms with Gasteiger partial charge in [-0.25, -0.2) is 4.98 Å². The molecule has 0 saturated heterocycles. The second-order valence-electron chi connectivity index (χ2n) is 10.3. The van der Waals surface area contributed by atoms with Crippen LogP contribution in [0, 0.1) is 0 Å². The third-order valence-corrected chi connectivity index (χ3v) is 8.19. The molecule has 0 aliphatic rings. The fourth-order valence-corrected chi connectivity index (χ4v) is 6.48. The highest BCUT2D eigenvalue weighted by atomic mass is 16.3. The number of hydrogen-bond acceptors (Lipinski definition) is 2. The molecule has 0 amide bonds. The van der Waals surface area contributed by atoms with Crippen molar-refractivity contribution in [1.82, 2.24) is 9.38 Å². The van der Waals surface area contributed by atoms with Crippen LogP contribution in [0.2, 0.25) is 0 Å². The summed E-state index contributed by atoms with van der Waals surface area (Å²) in [4.78, 5) is 5.32. The molecule has 0 bridgehead atoms. The van der Waals surface area contributed by atoms with E-state index < -0.39 is 0 Å². The van der Waals surface area contributed by atoms with E-state index in [1.54, 1.807) is 0 Å². The lowest BCUT2D eigenvalue weighted by atomic mass is 10.0. The Morgan fingerprint density at radius 2 is 1.00 bits per heavy atom. The molecular formula is C37H22N2O. The molecule has 9 aromatic rings. The third kappa shape index (κ3) is 2.86. The molecule has 40 heavy (non-hydrogen) atoms. The SMILES string of the molecule is c1ccc2c(c1)oc1c(-c3nc4cccc5c6ccccc6c6ccccc6c6ccccc6n3c45)cccc12. The molecule has 3 heterocycles. The number of imidazole rings is 1. The topological polar surface area (TPSA) is 30.4 Å². The van der Waals surface area contributed by atoms with Crippen LogP contribution in [0.25, 0.3) is 82.2 Å². The Hall–Kier alpha value is -5.41. The summed E-state index contributed by atoms with van der Waals surface area (Å²) in [6.07, 6.45) is 0. The Kier molecular flexibility index (Phi) is 4.33. The third-order valence-electron chi connectivity index (χ3n) is 8.19. The van der Waals surface area contributed by atoms with Crippen molar-refractivity contribution in [3.8, 4) is 11.4 Å². The van der Waals surface area contributed by atoms with E-state index in [0.29, 0.717) is 0 Å². The fraction of sp³-hybridized carbons (Fsp3) is 0. The summed E-state index contributed by atoms with van der Waals surface area (Å²) in [5.41, 5.74) is 5.87. The first-order valence-corrected chi connectivity index (χ1v) is 13.6. The van der Waals surface area contributed by atoms with Gasteiger partial charge in [0.2, 0.25) is 0 Å². The van der Waals surface area contributed by atoms with Gasteiger partial charge in [0.05, 0.1) is 22.1 Å². The van der Waals surface area contributed by atoms with Gasteiger partial charge in [0, 0.05) is 21.5 Å². The van der Waals surface area contributed by atoms with Crippen molar-refractivity contribution < 1.29 is 4.42 Å². The zero-order chi connectivity index (χ0) is 26.2. The summed E-state index contributed by atoms with van der Waals surface area (Å²) in [5, 5.41) is 9.38. The Balaban J connectivity index is 1.62. The van der Waals surface area contributed by atoms with Gasteiger partial charge in [0.15, 0.2) is 0 Å². The van der Waals surface area contributed by atoms with Crippen LogP contribution in [0.5, 0.6) is 0 Å². The number of para-hydroxylation sites is 4. The maximum Gasteiger partial charge on any atom is 0.149 e. The number of benzene rings is 6. The molecule has 3 nitrogen and oxygen atoms in total. The van der Waals surface area contributed by atoms with Crippen LogP contribution in [0.15, 0.2) is 138 Å². The first-order valence-electron chi connectivity index (χ1n) is 13.6. The largest absolute Gasteiger partial charge is 0.455 e. The molecule has 6 aromatic carbocycles. The van der Waals surface area contributed by atoms with Gasteiger partial charge in [-0.2, -0.15) is 0 Å². The van der Waals surface area contributed by atoms with Crippen molar-refractivity contribution in [2.75, 3.05) is 0 Å². The molecule has 0 aliphatic heterocycles. The molecule has 0 fully saturated rings. The van der Waals surface area contributed by atoms with E-state index >= 15 is 0 Å². The van der Waals surface area contributed by atoms with Gasteiger partial charge < -0.3 is 4.42 Å².